The van der Waals surface area contributed by atoms with E-state index in [0.717, 1.165) is 13.0 Å². The lowest BCUT2D eigenvalue weighted by molar-refractivity contribution is 0.481. The van der Waals surface area contributed by atoms with E-state index in [-0.39, 0.29) is 5.56 Å². The van der Waals surface area contributed by atoms with Gasteiger partial charge in [0.25, 0.3) is 0 Å². The summed E-state index contributed by atoms with van der Waals surface area (Å²) in [6, 6.07) is 1.94. The predicted molar refractivity (Wildman–Crippen MR) is 82.1 cm³/mol. The van der Waals surface area contributed by atoms with Gasteiger partial charge in [-0.05, 0) is 25.1 Å². The Kier molecular flexibility index (Phi) is 5.47. The van der Waals surface area contributed by atoms with Crippen LogP contribution in [0.15, 0.2) is 29.0 Å². The number of nitrogens with zero attached hydrogens (tertiary/aromatic N) is 2. The van der Waals surface area contributed by atoms with Gasteiger partial charge in [0.1, 0.15) is 17.5 Å². The molecule has 0 aliphatic rings. The maximum atomic E-state index is 14.2. The Hall–Kier alpha value is -1.27. The van der Waals surface area contributed by atoms with Gasteiger partial charge in [-0.25, -0.2) is 13.8 Å². The fourth-order valence-corrected chi connectivity index (χ4v) is 2.77. The molecule has 1 N–H and O–H groups in total. The second-order valence-electron chi connectivity index (χ2n) is 4.75. The summed E-state index contributed by atoms with van der Waals surface area (Å²) in [5.41, 5.74) is 0.00334. The molecular formula is C15H18BrF2N3. The summed E-state index contributed by atoms with van der Waals surface area (Å²) in [6.07, 6.45) is 4.41. The van der Waals surface area contributed by atoms with Crippen molar-refractivity contribution in [2.24, 2.45) is 0 Å². The Balaban J connectivity index is 2.51. The first-order valence-electron chi connectivity index (χ1n) is 6.97. The van der Waals surface area contributed by atoms with Gasteiger partial charge in [-0.15, -0.1) is 0 Å². The van der Waals surface area contributed by atoms with Gasteiger partial charge in [-0.1, -0.05) is 29.8 Å². The second kappa shape index (κ2) is 7.13. The lowest BCUT2D eigenvalue weighted by Crippen LogP contribution is -2.27. The minimum absolute atomic E-state index is 0.00334. The lowest BCUT2D eigenvalue weighted by Gasteiger charge is -2.20. The van der Waals surface area contributed by atoms with Crippen LogP contribution in [0.1, 0.15) is 37.7 Å². The van der Waals surface area contributed by atoms with Gasteiger partial charge in [0, 0.05) is 29.0 Å². The number of halogens is 3. The van der Waals surface area contributed by atoms with Crippen LogP contribution in [0.5, 0.6) is 0 Å². The van der Waals surface area contributed by atoms with Gasteiger partial charge < -0.3 is 9.88 Å². The second-order valence-corrected chi connectivity index (χ2v) is 5.67. The highest BCUT2D eigenvalue weighted by molar-refractivity contribution is 9.10. The van der Waals surface area contributed by atoms with E-state index < -0.39 is 17.7 Å². The van der Waals surface area contributed by atoms with Gasteiger partial charge in [0.15, 0.2) is 0 Å². The quantitative estimate of drug-likeness (QED) is 0.845. The maximum Gasteiger partial charge on any atom is 0.132 e. The average Bonchev–Trinajstić information content (AvgIpc) is 2.85. The van der Waals surface area contributed by atoms with Crippen molar-refractivity contribution in [3.05, 3.63) is 52.0 Å². The van der Waals surface area contributed by atoms with Crippen LogP contribution in [-0.2, 0) is 6.54 Å². The van der Waals surface area contributed by atoms with Gasteiger partial charge in [-0.3, -0.25) is 0 Å². The molecular weight excluding hydrogens is 340 g/mol. The summed E-state index contributed by atoms with van der Waals surface area (Å²) in [6.45, 7) is 5.29. The predicted octanol–water partition coefficient (Wildman–Crippen LogP) is 4.03. The molecule has 1 heterocycles. The van der Waals surface area contributed by atoms with E-state index in [1.807, 2.05) is 24.6 Å². The standard InChI is InChI=1S/C15H18BrF2N3/c1-3-6-21-7-5-20-15(21)14(19-4-2)13-11(17)8-10(16)9-12(13)18/h5,7-9,14,19H,3-4,6H2,1-2H3. The molecule has 0 radical (unpaired) electrons. The fourth-order valence-electron chi connectivity index (χ4n) is 2.37. The molecule has 21 heavy (non-hydrogen) atoms. The number of hydrogen-bond acceptors (Lipinski definition) is 2. The van der Waals surface area contributed by atoms with Crippen molar-refractivity contribution in [1.82, 2.24) is 14.9 Å². The zero-order chi connectivity index (χ0) is 15.4. The molecule has 0 saturated carbocycles. The van der Waals surface area contributed by atoms with E-state index >= 15 is 0 Å². The molecule has 0 saturated heterocycles. The Morgan fingerprint density at radius 1 is 1.29 bits per heavy atom. The number of aryl methyl sites for hydroxylation is 1. The van der Waals surface area contributed by atoms with Crippen molar-refractivity contribution >= 4 is 15.9 Å². The summed E-state index contributed by atoms with van der Waals surface area (Å²) in [5.74, 6) is -0.545. The monoisotopic (exact) mass is 357 g/mol. The molecule has 114 valence electrons. The first kappa shape index (κ1) is 16.1. The van der Waals surface area contributed by atoms with Crippen LogP contribution in [0.3, 0.4) is 0 Å². The largest absolute Gasteiger partial charge is 0.333 e. The van der Waals surface area contributed by atoms with Crippen molar-refractivity contribution < 1.29 is 8.78 Å². The average molecular weight is 358 g/mol. The van der Waals surface area contributed by atoms with Gasteiger partial charge in [0.05, 0.1) is 6.04 Å². The van der Waals surface area contributed by atoms with Crippen molar-refractivity contribution in [2.45, 2.75) is 32.9 Å². The maximum absolute atomic E-state index is 14.2. The minimum Gasteiger partial charge on any atom is -0.333 e. The summed E-state index contributed by atoms with van der Waals surface area (Å²) in [5, 5.41) is 3.12. The number of benzene rings is 1. The van der Waals surface area contributed by atoms with Crippen LogP contribution >= 0.6 is 15.9 Å². The van der Waals surface area contributed by atoms with E-state index in [2.05, 4.69) is 26.2 Å². The van der Waals surface area contributed by atoms with Crippen LogP contribution in [0.4, 0.5) is 8.78 Å². The molecule has 1 aromatic heterocycles. The summed E-state index contributed by atoms with van der Waals surface area (Å²) in [4.78, 5) is 4.29. The Labute approximate surface area is 131 Å². The van der Waals surface area contributed by atoms with Crippen LogP contribution < -0.4 is 5.32 Å². The normalized spacial score (nSPS) is 12.6. The molecule has 3 nitrogen and oxygen atoms in total. The third-order valence-electron chi connectivity index (χ3n) is 3.21. The molecule has 1 aromatic carbocycles. The number of nitrogens with one attached hydrogen (secondary N) is 1. The first-order valence-corrected chi connectivity index (χ1v) is 7.76. The molecule has 0 aliphatic heterocycles. The number of imidazole rings is 1. The summed E-state index contributed by atoms with van der Waals surface area (Å²) >= 11 is 3.10. The van der Waals surface area contributed by atoms with E-state index in [1.54, 1.807) is 6.20 Å². The van der Waals surface area contributed by atoms with Crippen LogP contribution in [0.2, 0.25) is 0 Å². The van der Waals surface area contributed by atoms with Gasteiger partial charge in [-0.2, -0.15) is 0 Å². The topological polar surface area (TPSA) is 29.9 Å². The zero-order valence-electron chi connectivity index (χ0n) is 12.0. The van der Waals surface area contributed by atoms with E-state index in [9.17, 15) is 8.78 Å². The summed E-state index contributed by atoms with van der Waals surface area (Å²) < 4.78 is 30.8. The highest BCUT2D eigenvalue weighted by atomic mass is 79.9. The number of aromatic nitrogens is 2. The molecule has 1 unspecified atom stereocenters. The lowest BCUT2D eigenvalue weighted by atomic mass is 10.0. The molecule has 0 spiro atoms. The third-order valence-corrected chi connectivity index (χ3v) is 3.67. The molecule has 0 bridgehead atoms. The van der Waals surface area contributed by atoms with E-state index in [1.165, 1.54) is 12.1 Å². The minimum atomic E-state index is -0.607. The molecule has 6 heteroatoms. The highest BCUT2D eigenvalue weighted by Gasteiger charge is 2.25. The van der Waals surface area contributed by atoms with Crippen molar-refractivity contribution in [3.63, 3.8) is 0 Å². The molecule has 0 amide bonds. The SMILES string of the molecule is CCCn1ccnc1C(NCC)c1c(F)cc(Br)cc1F. The molecule has 0 fully saturated rings. The Bertz CT molecular complexity index is 590. The Morgan fingerprint density at radius 3 is 2.52 bits per heavy atom. The number of hydrogen-bond donors (Lipinski definition) is 1. The molecule has 2 aromatic rings. The van der Waals surface area contributed by atoms with Gasteiger partial charge >= 0.3 is 0 Å². The first-order chi connectivity index (χ1) is 10.1. The molecule has 1 atom stereocenters. The zero-order valence-corrected chi connectivity index (χ0v) is 13.6. The third kappa shape index (κ3) is 3.49. The smallest absolute Gasteiger partial charge is 0.132 e. The fraction of sp³-hybridized carbons (Fsp3) is 0.400. The van der Waals surface area contributed by atoms with Crippen molar-refractivity contribution in [2.75, 3.05) is 6.54 Å². The van der Waals surface area contributed by atoms with Crippen LogP contribution in [0.25, 0.3) is 0 Å². The molecule has 0 aliphatic carbocycles. The van der Waals surface area contributed by atoms with E-state index in [4.69, 9.17) is 0 Å². The van der Waals surface area contributed by atoms with Crippen LogP contribution in [-0.4, -0.2) is 16.1 Å². The van der Waals surface area contributed by atoms with E-state index in [0.29, 0.717) is 16.8 Å². The Morgan fingerprint density at radius 2 is 1.95 bits per heavy atom. The van der Waals surface area contributed by atoms with Crippen LogP contribution in [0, 0.1) is 11.6 Å². The molecule has 2 rings (SSSR count). The van der Waals surface area contributed by atoms with Gasteiger partial charge in [0.2, 0.25) is 0 Å². The van der Waals surface area contributed by atoms with Crippen molar-refractivity contribution in [1.29, 1.82) is 0 Å². The number of rotatable bonds is 6. The highest BCUT2D eigenvalue weighted by Crippen LogP contribution is 2.28. The van der Waals surface area contributed by atoms with Crippen molar-refractivity contribution in [3.8, 4) is 0 Å². The summed E-state index contributed by atoms with van der Waals surface area (Å²) in [7, 11) is 0.